The molecule has 4 rings (SSSR count). The highest BCUT2D eigenvalue weighted by Crippen LogP contribution is 2.47. The number of hydrogen-bond acceptors (Lipinski definition) is 7. The highest BCUT2D eigenvalue weighted by atomic mass is 16.5. The molecule has 2 heterocycles. The second-order valence-corrected chi connectivity index (χ2v) is 8.26. The van der Waals surface area contributed by atoms with E-state index < -0.39 is 5.91 Å². The second-order valence-electron chi connectivity index (χ2n) is 8.26. The fraction of sp³-hybridized carbons (Fsp3) is 0.722. The number of anilines is 2. The van der Waals surface area contributed by atoms with Crippen LogP contribution in [0.1, 0.15) is 49.4 Å². The lowest BCUT2D eigenvalue weighted by atomic mass is 9.64. The van der Waals surface area contributed by atoms with Gasteiger partial charge < -0.3 is 26.2 Å². The molecule has 1 saturated heterocycles. The first kappa shape index (κ1) is 17.5. The predicted octanol–water partition coefficient (Wildman–Crippen LogP) is 1.13. The van der Waals surface area contributed by atoms with Gasteiger partial charge >= 0.3 is 0 Å². The van der Waals surface area contributed by atoms with E-state index in [1.807, 2.05) is 0 Å². The van der Waals surface area contributed by atoms with E-state index in [1.165, 1.54) is 6.20 Å². The zero-order valence-electron chi connectivity index (χ0n) is 15.1. The first-order chi connectivity index (χ1) is 12.4. The van der Waals surface area contributed by atoms with Crippen LogP contribution in [0.5, 0.6) is 0 Å². The highest BCUT2D eigenvalue weighted by molar-refractivity contribution is 5.97. The largest absolute Gasteiger partial charge is 0.393 e. The number of nitrogens with two attached hydrogens (primary N) is 1. The van der Waals surface area contributed by atoms with Crippen LogP contribution in [0.15, 0.2) is 6.20 Å². The van der Waals surface area contributed by atoms with E-state index in [4.69, 9.17) is 10.5 Å². The number of carbonyl (C=O) groups excluding carboxylic acids is 1. The zero-order chi connectivity index (χ0) is 18.3. The van der Waals surface area contributed by atoms with Crippen LogP contribution in [0.2, 0.25) is 0 Å². The predicted molar refractivity (Wildman–Crippen MR) is 96.9 cm³/mol. The Bertz CT molecular complexity index is 685. The van der Waals surface area contributed by atoms with Crippen molar-refractivity contribution < 1.29 is 14.6 Å². The third-order valence-corrected chi connectivity index (χ3v) is 6.06. The molecule has 5 N–H and O–H groups in total. The summed E-state index contributed by atoms with van der Waals surface area (Å²) in [5.41, 5.74) is 6.12. The number of nitrogens with one attached hydrogen (secondary N) is 2. The van der Waals surface area contributed by atoms with Crippen molar-refractivity contribution >= 4 is 17.7 Å². The number of rotatable bonds is 5. The number of nitrogens with zero attached hydrogens (tertiary/aromatic N) is 2. The molecule has 1 spiro atoms. The summed E-state index contributed by atoms with van der Waals surface area (Å²) in [6, 6.07) is 0.407. The van der Waals surface area contributed by atoms with E-state index in [2.05, 4.69) is 27.5 Å². The van der Waals surface area contributed by atoms with Gasteiger partial charge in [0.05, 0.1) is 24.9 Å². The van der Waals surface area contributed by atoms with Crippen molar-refractivity contribution in [2.24, 2.45) is 17.1 Å². The summed E-state index contributed by atoms with van der Waals surface area (Å²) in [5, 5.41) is 16.7. The molecule has 26 heavy (non-hydrogen) atoms. The summed E-state index contributed by atoms with van der Waals surface area (Å²) in [4.78, 5) is 20.5. The summed E-state index contributed by atoms with van der Waals surface area (Å²) in [6.07, 6.45) is 5.75. The van der Waals surface area contributed by atoms with Gasteiger partial charge in [0.25, 0.3) is 5.91 Å². The van der Waals surface area contributed by atoms with Crippen molar-refractivity contribution in [2.45, 2.75) is 57.2 Å². The van der Waals surface area contributed by atoms with Crippen molar-refractivity contribution in [3.8, 4) is 0 Å². The average molecular weight is 361 g/mol. The van der Waals surface area contributed by atoms with E-state index in [9.17, 15) is 9.90 Å². The number of hydrogen-bond donors (Lipinski definition) is 4. The Labute approximate surface area is 152 Å². The quantitative estimate of drug-likeness (QED) is 0.620. The van der Waals surface area contributed by atoms with Crippen LogP contribution in [0.25, 0.3) is 0 Å². The van der Waals surface area contributed by atoms with E-state index in [0.717, 1.165) is 38.9 Å². The molecule has 1 amide bonds. The normalized spacial score (nSPS) is 30.3. The summed E-state index contributed by atoms with van der Waals surface area (Å²) in [5.74, 6) is 0.691. The Morgan fingerprint density at radius 1 is 1.31 bits per heavy atom. The molecule has 8 heteroatoms. The van der Waals surface area contributed by atoms with Gasteiger partial charge in [0.1, 0.15) is 5.82 Å². The third-order valence-electron chi connectivity index (χ3n) is 6.06. The number of carbonyl (C=O) groups is 1. The van der Waals surface area contributed by atoms with Gasteiger partial charge in [0.15, 0.2) is 0 Å². The van der Waals surface area contributed by atoms with Crippen LogP contribution in [-0.2, 0) is 4.74 Å². The summed E-state index contributed by atoms with van der Waals surface area (Å²) < 4.78 is 5.30. The minimum Gasteiger partial charge on any atom is -0.393 e. The van der Waals surface area contributed by atoms with Gasteiger partial charge in [-0.25, -0.2) is 4.98 Å². The number of primary amides is 1. The van der Waals surface area contributed by atoms with Gasteiger partial charge in [-0.05, 0) is 38.0 Å². The van der Waals surface area contributed by atoms with Crippen molar-refractivity contribution in [3.05, 3.63) is 11.8 Å². The van der Waals surface area contributed by atoms with Gasteiger partial charge in [-0.2, -0.15) is 4.98 Å². The van der Waals surface area contributed by atoms with Gasteiger partial charge in [-0.15, -0.1) is 0 Å². The minimum absolute atomic E-state index is 0.0705. The van der Waals surface area contributed by atoms with Crippen LogP contribution in [-0.4, -0.2) is 52.4 Å². The zero-order valence-corrected chi connectivity index (χ0v) is 15.1. The lowest BCUT2D eigenvalue weighted by Crippen LogP contribution is -2.56. The van der Waals surface area contributed by atoms with E-state index in [0.29, 0.717) is 35.6 Å². The van der Waals surface area contributed by atoms with Crippen LogP contribution in [0.4, 0.5) is 11.8 Å². The maximum Gasteiger partial charge on any atom is 0.254 e. The van der Waals surface area contributed by atoms with Gasteiger partial charge in [-0.1, -0.05) is 6.92 Å². The molecule has 2 saturated carbocycles. The molecule has 1 aliphatic heterocycles. The van der Waals surface area contributed by atoms with Gasteiger partial charge in [0, 0.05) is 23.7 Å². The van der Waals surface area contributed by atoms with Crippen molar-refractivity contribution in [1.29, 1.82) is 0 Å². The maximum absolute atomic E-state index is 11.7. The van der Waals surface area contributed by atoms with Crippen molar-refractivity contribution in [3.63, 3.8) is 0 Å². The Morgan fingerprint density at radius 3 is 2.69 bits per heavy atom. The molecule has 2 aliphatic carbocycles. The monoisotopic (exact) mass is 361 g/mol. The standard InChI is InChI=1S/C18H27N5O3/c1-10-2-3-11(4-14(10)24)21-16-13(15(19)25)7-20-17(23-16)22-12-5-18(6-12)8-26-9-18/h7,10-12,14,24H,2-6,8-9H2,1H3,(H2,19,25)(H2,20,21,22,23)/t10-,11-,14-/m1/s1. The Hall–Kier alpha value is -1.93. The Balaban J connectivity index is 1.44. The molecule has 0 unspecified atom stereocenters. The van der Waals surface area contributed by atoms with E-state index in [-0.39, 0.29) is 17.7 Å². The lowest BCUT2D eigenvalue weighted by Gasteiger charge is -2.53. The molecule has 1 aromatic rings. The van der Waals surface area contributed by atoms with Crippen LogP contribution >= 0.6 is 0 Å². The van der Waals surface area contributed by atoms with Crippen molar-refractivity contribution in [1.82, 2.24) is 9.97 Å². The summed E-state index contributed by atoms with van der Waals surface area (Å²) >= 11 is 0. The molecule has 3 aliphatic rings. The second kappa shape index (κ2) is 6.66. The van der Waals surface area contributed by atoms with E-state index in [1.54, 1.807) is 0 Å². The van der Waals surface area contributed by atoms with Gasteiger partial charge in [0.2, 0.25) is 5.95 Å². The minimum atomic E-state index is -0.557. The van der Waals surface area contributed by atoms with Gasteiger partial charge in [-0.3, -0.25) is 4.79 Å². The number of amides is 1. The molecule has 0 aromatic carbocycles. The first-order valence-corrected chi connectivity index (χ1v) is 9.40. The first-order valence-electron chi connectivity index (χ1n) is 9.40. The van der Waals surface area contributed by atoms with Crippen LogP contribution in [0, 0.1) is 11.3 Å². The smallest absolute Gasteiger partial charge is 0.254 e. The van der Waals surface area contributed by atoms with Crippen LogP contribution in [0.3, 0.4) is 0 Å². The molecule has 3 fully saturated rings. The summed E-state index contributed by atoms with van der Waals surface area (Å²) in [6.45, 7) is 3.75. The molecule has 142 valence electrons. The molecule has 0 radical (unpaired) electrons. The molecule has 8 nitrogen and oxygen atoms in total. The van der Waals surface area contributed by atoms with Crippen molar-refractivity contribution in [2.75, 3.05) is 23.8 Å². The fourth-order valence-corrected chi connectivity index (χ4v) is 4.26. The fourth-order valence-electron chi connectivity index (χ4n) is 4.26. The number of ether oxygens (including phenoxy) is 1. The highest BCUT2D eigenvalue weighted by Gasteiger charge is 2.50. The lowest BCUT2D eigenvalue weighted by molar-refractivity contribution is -0.160. The Kier molecular flexibility index (Phi) is 4.48. The molecular formula is C18H27N5O3. The Morgan fingerprint density at radius 2 is 2.08 bits per heavy atom. The SMILES string of the molecule is C[C@@H]1CC[C@@H](Nc2nc(NC3CC4(COC4)C3)ncc2C(N)=O)C[C@H]1O. The molecular weight excluding hydrogens is 334 g/mol. The molecule has 3 atom stereocenters. The topological polar surface area (TPSA) is 122 Å². The average Bonchev–Trinajstić information content (AvgIpc) is 2.52. The molecule has 1 aromatic heterocycles. The number of aliphatic hydroxyl groups is 1. The number of aromatic nitrogens is 2. The number of aliphatic hydroxyl groups excluding tert-OH is 1. The maximum atomic E-state index is 11.7. The van der Waals surface area contributed by atoms with Crippen LogP contribution < -0.4 is 16.4 Å². The third kappa shape index (κ3) is 3.35. The molecule has 0 bridgehead atoms. The van der Waals surface area contributed by atoms with E-state index >= 15 is 0 Å². The summed E-state index contributed by atoms with van der Waals surface area (Å²) in [7, 11) is 0.